The average Bonchev–Trinajstić information content (AvgIpc) is 2.84. The van der Waals surface area contributed by atoms with Crippen molar-refractivity contribution in [1.82, 2.24) is 8.61 Å². The lowest BCUT2D eigenvalue weighted by molar-refractivity contribution is -0.142. The molecule has 1 saturated heterocycles. The van der Waals surface area contributed by atoms with Gasteiger partial charge in [0.2, 0.25) is 0 Å². The zero-order chi connectivity index (χ0) is 15.6. The number of carboxylic acids is 1. The van der Waals surface area contributed by atoms with Gasteiger partial charge in [-0.3, -0.25) is 4.79 Å². The highest BCUT2D eigenvalue weighted by Crippen LogP contribution is 2.22. The van der Waals surface area contributed by atoms with Gasteiger partial charge >= 0.3 is 5.97 Å². The van der Waals surface area contributed by atoms with Gasteiger partial charge in [0, 0.05) is 32.2 Å². The number of nitrogens with zero attached hydrogens (tertiary/aromatic N) is 2. The van der Waals surface area contributed by atoms with Crippen molar-refractivity contribution in [1.29, 1.82) is 0 Å². The topological polar surface area (TPSA) is 91.1 Å². The van der Waals surface area contributed by atoms with Crippen molar-refractivity contribution in [2.24, 2.45) is 5.92 Å². The molecule has 0 bridgehead atoms. The second kappa shape index (κ2) is 6.17. The third-order valence-corrected chi connectivity index (χ3v) is 5.71. The Kier molecular flexibility index (Phi) is 4.70. The highest BCUT2D eigenvalue weighted by atomic mass is 32.2. The van der Waals surface area contributed by atoms with Gasteiger partial charge in [-0.2, -0.15) is 17.0 Å². The SMILES string of the molecule is Cc1occc1CN(C)S(=O)(=O)N1CCCC(C(=O)O)C1. The minimum atomic E-state index is -3.66. The molecule has 1 atom stereocenters. The molecule has 7 nitrogen and oxygen atoms in total. The number of piperidine rings is 1. The Labute approximate surface area is 124 Å². The van der Waals surface area contributed by atoms with Crippen LogP contribution in [0, 0.1) is 12.8 Å². The normalized spacial score (nSPS) is 20.8. The van der Waals surface area contributed by atoms with Crippen LogP contribution in [0.5, 0.6) is 0 Å². The van der Waals surface area contributed by atoms with Crippen LogP contribution >= 0.6 is 0 Å². The first-order valence-corrected chi connectivity index (χ1v) is 8.19. The fourth-order valence-electron chi connectivity index (χ4n) is 2.45. The summed E-state index contributed by atoms with van der Waals surface area (Å²) >= 11 is 0. The van der Waals surface area contributed by atoms with Crippen molar-refractivity contribution in [3.63, 3.8) is 0 Å². The number of aryl methyl sites for hydroxylation is 1. The monoisotopic (exact) mass is 316 g/mol. The summed E-state index contributed by atoms with van der Waals surface area (Å²) in [7, 11) is -2.17. The molecule has 0 aromatic carbocycles. The Hall–Kier alpha value is -1.38. The van der Waals surface area contributed by atoms with E-state index in [1.807, 2.05) is 0 Å². The Balaban J connectivity index is 2.09. The summed E-state index contributed by atoms with van der Waals surface area (Å²) in [5.74, 6) is -0.889. The first kappa shape index (κ1) is 16.0. The fraction of sp³-hybridized carbons (Fsp3) is 0.615. The van der Waals surface area contributed by atoms with E-state index in [2.05, 4.69) is 0 Å². The molecule has 1 fully saturated rings. The van der Waals surface area contributed by atoms with Crippen LogP contribution in [-0.4, -0.2) is 48.2 Å². The van der Waals surface area contributed by atoms with Gasteiger partial charge < -0.3 is 9.52 Å². The van der Waals surface area contributed by atoms with Gasteiger partial charge in [-0.05, 0) is 25.8 Å². The molecule has 1 N–H and O–H groups in total. The second-order valence-electron chi connectivity index (χ2n) is 5.30. The Bertz CT molecular complexity index is 610. The van der Waals surface area contributed by atoms with Crippen LogP contribution in [0.15, 0.2) is 16.7 Å². The van der Waals surface area contributed by atoms with Crippen LogP contribution in [0.1, 0.15) is 24.2 Å². The quantitative estimate of drug-likeness (QED) is 0.877. The zero-order valence-electron chi connectivity index (χ0n) is 12.2. The predicted molar refractivity (Wildman–Crippen MR) is 75.8 cm³/mol. The van der Waals surface area contributed by atoms with E-state index in [1.165, 1.54) is 21.9 Å². The summed E-state index contributed by atoms with van der Waals surface area (Å²) in [6, 6.07) is 1.73. The van der Waals surface area contributed by atoms with Gasteiger partial charge in [-0.1, -0.05) is 0 Å². The van der Waals surface area contributed by atoms with E-state index in [0.717, 1.165) is 5.56 Å². The molecule has 21 heavy (non-hydrogen) atoms. The van der Waals surface area contributed by atoms with E-state index in [-0.39, 0.29) is 13.1 Å². The highest BCUT2D eigenvalue weighted by molar-refractivity contribution is 7.86. The van der Waals surface area contributed by atoms with Crippen LogP contribution in [0.2, 0.25) is 0 Å². The molecule has 0 amide bonds. The number of rotatable bonds is 5. The van der Waals surface area contributed by atoms with Crippen LogP contribution < -0.4 is 0 Å². The van der Waals surface area contributed by atoms with Crippen LogP contribution in [0.3, 0.4) is 0 Å². The van der Waals surface area contributed by atoms with Crippen LogP contribution in [0.4, 0.5) is 0 Å². The van der Waals surface area contributed by atoms with Crippen molar-refractivity contribution in [2.45, 2.75) is 26.3 Å². The standard InChI is InChI=1S/C13H20N2O5S/c1-10-11(5-7-20-10)8-14(2)21(18,19)15-6-3-4-12(9-15)13(16)17/h5,7,12H,3-4,6,8-9H2,1-2H3,(H,16,17). The van der Waals surface area contributed by atoms with Gasteiger partial charge in [0.1, 0.15) is 5.76 Å². The number of hydrogen-bond acceptors (Lipinski definition) is 4. The molecule has 1 aliphatic heterocycles. The number of hydrogen-bond donors (Lipinski definition) is 1. The van der Waals surface area contributed by atoms with Gasteiger partial charge in [0.25, 0.3) is 10.2 Å². The summed E-state index contributed by atoms with van der Waals surface area (Å²) in [6.45, 7) is 2.38. The van der Waals surface area contributed by atoms with E-state index in [4.69, 9.17) is 9.52 Å². The van der Waals surface area contributed by atoms with E-state index in [0.29, 0.717) is 25.1 Å². The predicted octanol–water partition coefficient (Wildman–Crippen LogP) is 1.06. The maximum absolute atomic E-state index is 12.5. The van der Waals surface area contributed by atoms with Gasteiger partial charge in [0.15, 0.2) is 0 Å². The summed E-state index contributed by atoms with van der Waals surface area (Å²) in [6.07, 6.45) is 2.60. The van der Waals surface area contributed by atoms with E-state index in [9.17, 15) is 13.2 Å². The molecule has 8 heteroatoms. The average molecular weight is 316 g/mol. The Morgan fingerprint density at radius 1 is 1.57 bits per heavy atom. The van der Waals surface area contributed by atoms with Gasteiger partial charge in [-0.25, -0.2) is 0 Å². The number of aliphatic carboxylic acids is 1. The molecular weight excluding hydrogens is 296 g/mol. The van der Waals surface area contributed by atoms with Gasteiger partial charge in [0.05, 0.1) is 12.2 Å². The molecule has 1 aliphatic rings. The fourth-order valence-corrected chi connectivity index (χ4v) is 3.87. The maximum atomic E-state index is 12.5. The molecule has 0 saturated carbocycles. The van der Waals surface area contributed by atoms with Crippen molar-refractivity contribution in [2.75, 3.05) is 20.1 Å². The molecule has 2 rings (SSSR count). The molecule has 0 radical (unpaired) electrons. The summed E-state index contributed by atoms with van der Waals surface area (Å²) in [5.41, 5.74) is 0.799. The molecule has 0 aliphatic carbocycles. The van der Waals surface area contributed by atoms with E-state index < -0.39 is 22.1 Å². The maximum Gasteiger partial charge on any atom is 0.307 e. The molecule has 1 unspecified atom stereocenters. The second-order valence-corrected chi connectivity index (χ2v) is 7.34. The molecule has 118 valence electrons. The van der Waals surface area contributed by atoms with E-state index >= 15 is 0 Å². The third kappa shape index (κ3) is 3.45. The minimum Gasteiger partial charge on any atom is -0.481 e. The molecule has 1 aromatic heterocycles. The van der Waals surface area contributed by atoms with Gasteiger partial charge in [-0.15, -0.1) is 0 Å². The number of carbonyl (C=O) groups is 1. The summed E-state index contributed by atoms with van der Waals surface area (Å²) in [5, 5.41) is 9.06. The van der Waals surface area contributed by atoms with E-state index in [1.54, 1.807) is 13.0 Å². The largest absolute Gasteiger partial charge is 0.481 e. The van der Waals surface area contributed by atoms with Crippen LogP contribution in [0.25, 0.3) is 0 Å². The zero-order valence-corrected chi connectivity index (χ0v) is 13.0. The van der Waals surface area contributed by atoms with Crippen molar-refractivity contribution >= 4 is 16.2 Å². The Morgan fingerprint density at radius 3 is 2.86 bits per heavy atom. The van der Waals surface area contributed by atoms with Crippen LogP contribution in [-0.2, 0) is 21.5 Å². The van der Waals surface area contributed by atoms with Crippen molar-refractivity contribution in [3.8, 4) is 0 Å². The molecule has 0 spiro atoms. The summed E-state index contributed by atoms with van der Waals surface area (Å²) < 4.78 is 32.7. The third-order valence-electron chi connectivity index (χ3n) is 3.81. The Morgan fingerprint density at radius 2 is 2.29 bits per heavy atom. The molecule has 1 aromatic rings. The first-order valence-electron chi connectivity index (χ1n) is 6.79. The number of carboxylic acid groups (broad SMARTS) is 1. The van der Waals surface area contributed by atoms with Crippen molar-refractivity contribution in [3.05, 3.63) is 23.7 Å². The molecular formula is C13H20N2O5S. The lowest BCUT2D eigenvalue weighted by Gasteiger charge is -2.32. The highest BCUT2D eigenvalue weighted by Gasteiger charge is 2.34. The summed E-state index contributed by atoms with van der Waals surface area (Å²) in [4.78, 5) is 11.1. The lowest BCUT2D eigenvalue weighted by atomic mass is 10.0. The smallest absolute Gasteiger partial charge is 0.307 e. The molecule has 2 heterocycles. The lowest BCUT2D eigenvalue weighted by Crippen LogP contribution is -2.47. The first-order chi connectivity index (χ1) is 9.82. The van der Waals surface area contributed by atoms with Crippen molar-refractivity contribution < 1.29 is 22.7 Å². The minimum absolute atomic E-state index is 0.0341. The number of furan rings is 1.